The number of alkyl halides is 2. The molecular formula is C12H13F2NO3. The number of methoxy groups -OCH3 is 1. The van der Waals surface area contributed by atoms with Crippen LogP contribution in [0.3, 0.4) is 0 Å². The summed E-state index contributed by atoms with van der Waals surface area (Å²) in [5, 5.41) is 0. The lowest BCUT2D eigenvalue weighted by Gasteiger charge is -2.20. The number of ether oxygens (including phenoxy) is 1. The van der Waals surface area contributed by atoms with Crippen molar-refractivity contribution in [3.63, 3.8) is 0 Å². The molecule has 98 valence electrons. The summed E-state index contributed by atoms with van der Waals surface area (Å²) in [6, 6.07) is 8.58. The molecule has 0 spiro atoms. The van der Waals surface area contributed by atoms with Crippen LogP contribution in [0.5, 0.6) is 0 Å². The van der Waals surface area contributed by atoms with E-state index in [9.17, 15) is 18.4 Å². The van der Waals surface area contributed by atoms with Gasteiger partial charge in [0.2, 0.25) is 0 Å². The number of halogens is 2. The topological polar surface area (TPSA) is 46.6 Å². The fraction of sp³-hybridized carbons (Fsp3) is 0.333. The summed E-state index contributed by atoms with van der Waals surface area (Å²) in [7, 11) is 1.13. The summed E-state index contributed by atoms with van der Waals surface area (Å²) < 4.78 is 29.2. The van der Waals surface area contributed by atoms with Gasteiger partial charge in [0, 0.05) is 6.54 Å². The maximum Gasteiger partial charge on any atom is 0.325 e. The summed E-state index contributed by atoms with van der Waals surface area (Å²) in [6.45, 7) is -0.548. The van der Waals surface area contributed by atoms with Crippen LogP contribution >= 0.6 is 0 Å². The minimum atomic E-state index is -3.14. The fourth-order valence-electron chi connectivity index (χ4n) is 1.37. The van der Waals surface area contributed by atoms with Crippen molar-refractivity contribution in [2.75, 3.05) is 13.7 Å². The first kappa shape index (κ1) is 14.1. The van der Waals surface area contributed by atoms with Gasteiger partial charge < -0.3 is 9.64 Å². The molecule has 1 aromatic rings. The van der Waals surface area contributed by atoms with E-state index >= 15 is 0 Å². The van der Waals surface area contributed by atoms with Crippen LogP contribution in [0, 0.1) is 0 Å². The third-order valence-electron chi connectivity index (χ3n) is 2.26. The molecule has 6 heteroatoms. The molecule has 0 aliphatic carbocycles. The molecule has 18 heavy (non-hydrogen) atoms. The second-order valence-corrected chi connectivity index (χ2v) is 3.56. The summed E-state index contributed by atoms with van der Waals surface area (Å²) in [5.41, 5.74) is 0.662. The van der Waals surface area contributed by atoms with E-state index in [0.717, 1.165) is 12.0 Å². The van der Waals surface area contributed by atoms with Gasteiger partial charge in [-0.25, -0.2) is 0 Å². The molecule has 0 aliphatic rings. The van der Waals surface area contributed by atoms with E-state index in [1.807, 2.05) is 0 Å². The van der Waals surface area contributed by atoms with Gasteiger partial charge in [0.25, 0.3) is 5.91 Å². The van der Waals surface area contributed by atoms with E-state index in [2.05, 4.69) is 4.74 Å². The predicted octanol–water partition coefficient (Wildman–Crippen LogP) is 1.45. The molecule has 1 rings (SSSR count). The van der Waals surface area contributed by atoms with Crippen LogP contribution in [0.25, 0.3) is 0 Å². The zero-order chi connectivity index (χ0) is 13.5. The van der Waals surface area contributed by atoms with Crippen molar-refractivity contribution in [2.45, 2.75) is 13.0 Å². The SMILES string of the molecule is COC(=O)CN(Cc1ccccc1)C(=O)C(F)F. The highest BCUT2D eigenvalue weighted by atomic mass is 19.3. The highest BCUT2D eigenvalue weighted by Crippen LogP contribution is 2.08. The number of hydrogen-bond acceptors (Lipinski definition) is 3. The summed E-state index contributed by atoms with van der Waals surface area (Å²) in [6.07, 6.45) is -3.14. The van der Waals surface area contributed by atoms with Crippen molar-refractivity contribution in [1.29, 1.82) is 0 Å². The zero-order valence-electron chi connectivity index (χ0n) is 9.81. The van der Waals surface area contributed by atoms with Gasteiger partial charge in [-0.2, -0.15) is 8.78 Å². The molecule has 0 atom stereocenters. The van der Waals surface area contributed by atoms with E-state index in [0.29, 0.717) is 5.56 Å². The normalized spacial score (nSPS) is 10.2. The van der Waals surface area contributed by atoms with Gasteiger partial charge in [-0.05, 0) is 5.56 Å². The Kier molecular flexibility index (Phi) is 5.23. The molecule has 0 aromatic heterocycles. The van der Waals surface area contributed by atoms with E-state index < -0.39 is 24.8 Å². The minimum absolute atomic E-state index is 0.0564. The van der Waals surface area contributed by atoms with Gasteiger partial charge in [-0.3, -0.25) is 9.59 Å². The molecule has 0 bridgehead atoms. The van der Waals surface area contributed by atoms with Crippen molar-refractivity contribution in [3.8, 4) is 0 Å². The Labute approximate surface area is 103 Å². The Morgan fingerprint density at radius 3 is 2.39 bits per heavy atom. The molecule has 0 N–H and O–H groups in total. The lowest BCUT2D eigenvalue weighted by atomic mass is 10.2. The number of hydrogen-bond donors (Lipinski definition) is 0. The summed E-state index contributed by atoms with van der Waals surface area (Å²) >= 11 is 0. The van der Waals surface area contributed by atoms with Crippen LogP contribution in [-0.4, -0.2) is 36.9 Å². The Bertz CT molecular complexity index is 409. The standard InChI is InChI=1S/C12H13F2NO3/c1-18-10(16)8-15(12(17)11(13)14)7-9-5-3-2-4-6-9/h2-6,11H,7-8H2,1H3. The lowest BCUT2D eigenvalue weighted by Crippen LogP contribution is -2.39. The molecular weight excluding hydrogens is 244 g/mol. The number of esters is 1. The monoisotopic (exact) mass is 257 g/mol. The second-order valence-electron chi connectivity index (χ2n) is 3.56. The number of benzene rings is 1. The van der Waals surface area contributed by atoms with Gasteiger partial charge >= 0.3 is 12.4 Å². The first-order chi connectivity index (χ1) is 8.54. The van der Waals surface area contributed by atoms with Crippen LogP contribution in [0.15, 0.2) is 30.3 Å². The molecule has 0 saturated heterocycles. The maximum absolute atomic E-state index is 12.4. The maximum atomic E-state index is 12.4. The summed E-state index contributed by atoms with van der Waals surface area (Å²) in [5.74, 6) is -2.12. The first-order valence-electron chi connectivity index (χ1n) is 5.22. The number of carbonyl (C=O) groups excluding carboxylic acids is 2. The van der Waals surface area contributed by atoms with Crippen LogP contribution in [-0.2, 0) is 20.9 Å². The predicted molar refractivity (Wildman–Crippen MR) is 59.9 cm³/mol. The Balaban J connectivity index is 2.77. The second kappa shape index (κ2) is 6.68. The first-order valence-corrected chi connectivity index (χ1v) is 5.22. The third kappa shape index (κ3) is 4.12. The highest BCUT2D eigenvalue weighted by molar-refractivity contribution is 5.84. The van der Waals surface area contributed by atoms with E-state index in [-0.39, 0.29) is 6.54 Å². The molecule has 0 fully saturated rings. The molecule has 1 amide bonds. The average Bonchev–Trinajstić information content (AvgIpc) is 2.38. The van der Waals surface area contributed by atoms with Gasteiger partial charge in [-0.15, -0.1) is 0 Å². The number of rotatable bonds is 5. The molecule has 0 heterocycles. The van der Waals surface area contributed by atoms with Crippen LogP contribution in [0.1, 0.15) is 5.56 Å². The van der Waals surface area contributed by atoms with Crippen molar-refractivity contribution in [1.82, 2.24) is 4.90 Å². The zero-order valence-corrected chi connectivity index (χ0v) is 9.81. The minimum Gasteiger partial charge on any atom is -0.468 e. The van der Waals surface area contributed by atoms with Crippen molar-refractivity contribution in [3.05, 3.63) is 35.9 Å². The third-order valence-corrected chi connectivity index (χ3v) is 2.26. The Morgan fingerprint density at radius 1 is 1.28 bits per heavy atom. The largest absolute Gasteiger partial charge is 0.468 e. The quantitative estimate of drug-likeness (QED) is 0.750. The van der Waals surface area contributed by atoms with E-state index in [1.165, 1.54) is 0 Å². The number of amides is 1. The number of carbonyl (C=O) groups is 2. The van der Waals surface area contributed by atoms with Crippen molar-refractivity contribution >= 4 is 11.9 Å². The molecule has 1 aromatic carbocycles. The fourth-order valence-corrected chi connectivity index (χ4v) is 1.37. The molecule has 4 nitrogen and oxygen atoms in total. The summed E-state index contributed by atoms with van der Waals surface area (Å²) in [4.78, 5) is 23.1. The van der Waals surface area contributed by atoms with Crippen molar-refractivity contribution in [2.24, 2.45) is 0 Å². The average molecular weight is 257 g/mol. The molecule has 0 saturated carbocycles. The Hall–Kier alpha value is -1.98. The van der Waals surface area contributed by atoms with Crippen LogP contribution in [0.4, 0.5) is 8.78 Å². The highest BCUT2D eigenvalue weighted by Gasteiger charge is 2.25. The van der Waals surface area contributed by atoms with E-state index in [1.54, 1.807) is 30.3 Å². The number of nitrogens with zero attached hydrogens (tertiary/aromatic N) is 1. The molecule has 0 radical (unpaired) electrons. The smallest absolute Gasteiger partial charge is 0.325 e. The van der Waals surface area contributed by atoms with E-state index in [4.69, 9.17) is 0 Å². The van der Waals surface area contributed by atoms with Crippen LogP contribution < -0.4 is 0 Å². The Morgan fingerprint density at radius 2 is 1.89 bits per heavy atom. The van der Waals surface area contributed by atoms with Gasteiger partial charge in [0.1, 0.15) is 6.54 Å². The lowest BCUT2D eigenvalue weighted by molar-refractivity contribution is -0.152. The molecule has 0 unspecified atom stereocenters. The van der Waals surface area contributed by atoms with Gasteiger partial charge in [-0.1, -0.05) is 30.3 Å². The van der Waals surface area contributed by atoms with Gasteiger partial charge in [0.15, 0.2) is 0 Å². The molecule has 0 aliphatic heterocycles. The van der Waals surface area contributed by atoms with Gasteiger partial charge in [0.05, 0.1) is 7.11 Å². The van der Waals surface area contributed by atoms with Crippen molar-refractivity contribution < 1.29 is 23.1 Å². The van der Waals surface area contributed by atoms with Crippen LogP contribution in [0.2, 0.25) is 0 Å².